The summed E-state index contributed by atoms with van der Waals surface area (Å²) in [4.78, 5) is 10.5. The Morgan fingerprint density at radius 3 is 2.71 bits per heavy atom. The van der Waals surface area contributed by atoms with E-state index in [1.807, 2.05) is 0 Å². The Bertz CT molecular complexity index is 727. The number of hydrogen-bond acceptors (Lipinski definition) is 4. The fourth-order valence-corrected chi connectivity index (χ4v) is 4.04. The number of nitrogens with one attached hydrogen (secondary N) is 1. The molecular weight excluding hydrogens is 349 g/mol. The van der Waals surface area contributed by atoms with Crippen molar-refractivity contribution in [2.75, 3.05) is 19.7 Å². The second-order valence-corrected chi connectivity index (χ2v) is 7.15. The zero-order valence-electron chi connectivity index (χ0n) is 12.9. The fraction of sp³-hybridized carbons (Fsp3) is 0.500. The Kier molecular flexibility index (Phi) is 5.70. The Morgan fingerprint density at radius 2 is 2.04 bits per heavy atom. The molecule has 0 aliphatic carbocycles. The zero-order valence-corrected chi connectivity index (χ0v) is 13.7. The van der Waals surface area contributed by atoms with Gasteiger partial charge in [0, 0.05) is 19.1 Å². The predicted molar refractivity (Wildman–Crippen MR) is 78.3 cm³/mol. The highest BCUT2D eigenvalue weighted by Gasteiger charge is 2.34. The zero-order chi connectivity index (χ0) is 17.9. The first-order valence-electron chi connectivity index (χ1n) is 7.34. The van der Waals surface area contributed by atoms with Gasteiger partial charge in [-0.2, -0.15) is 4.31 Å². The van der Waals surface area contributed by atoms with E-state index in [9.17, 15) is 26.4 Å². The molecule has 1 heterocycles. The van der Waals surface area contributed by atoms with Crippen LogP contribution in [0.3, 0.4) is 0 Å². The van der Waals surface area contributed by atoms with Crippen LogP contribution < -0.4 is 5.32 Å². The molecule has 6 nitrogen and oxygen atoms in total. The standard InChI is InChI=1S/C14H17F3N2O4S/c1-2-23-14(20)18-9-4-3-7-19(8-9)24(21,22)11-6-5-10(15)12(16)13(11)17/h5-6,9H,2-4,7-8H2,1H3,(H,18,20)/t9-/m0/s1. The van der Waals surface area contributed by atoms with Crippen LogP contribution in [0, 0.1) is 17.5 Å². The maximum Gasteiger partial charge on any atom is 0.407 e. The third-order valence-electron chi connectivity index (χ3n) is 3.60. The molecule has 0 unspecified atom stereocenters. The summed E-state index contributed by atoms with van der Waals surface area (Å²) in [5, 5.41) is 2.51. The number of amides is 1. The van der Waals surface area contributed by atoms with E-state index in [0.29, 0.717) is 25.0 Å². The largest absolute Gasteiger partial charge is 0.450 e. The second-order valence-electron chi connectivity index (χ2n) is 5.24. The molecule has 1 amide bonds. The molecule has 0 spiro atoms. The number of alkyl carbamates (subject to hydrolysis) is 1. The molecule has 24 heavy (non-hydrogen) atoms. The van der Waals surface area contributed by atoms with Crippen LogP contribution >= 0.6 is 0 Å². The Morgan fingerprint density at radius 1 is 1.33 bits per heavy atom. The molecule has 1 aromatic carbocycles. The van der Waals surface area contributed by atoms with E-state index < -0.39 is 44.5 Å². The van der Waals surface area contributed by atoms with Gasteiger partial charge < -0.3 is 10.1 Å². The molecule has 0 bridgehead atoms. The molecule has 0 saturated carbocycles. The van der Waals surface area contributed by atoms with E-state index >= 15 is 0 Å². The lowest BCUT2D eigenvalue weighted by Crippen LogP contribution is -2.49. The van der Waals surface area contributed by atoms with Crippen molar-refractivity contribution < 1.29 is 31.1 Å². The first kappa shape index (κ1) is 18.5. The molecule has 1 aromatic rings. The van der Waals surface area contributed by atoms with Crippen LogP contribution in [0.25, 0.3) is 0 Å². The average Bonchev–Trinajstić information content (AvgIpc) is 2.53. The average molecular weight is 366 g/mol. The van der Waals surface area contributed by atoms with Crippen LogP contribution in [0.1, 0.15) is 19.8 Å². The molecule has 1 atom stereocenters. The molecule has 0 aromatic heterocycles. The highest BCUT2D eigenvalue weighted by molar-refractivity contribution is 7.89. The Hall–Kier alpha value is -1.81. The molecule has 134 valence electrons. The van der Waals surface area contributed by atoms with Crippen LogP contribution in [-0.2, 0) is 14.8 Å². The van der Waals surface area contributed by atoms with Gasteiger partial charge in [-0.05, 0) is 31.9 Å². The van der Waals surface area contributed by atoms with Crippen molar-refractivity contribution in [3.05, 3.63) is 29.6 Å². The van der Waals surface area contributed by atoms with Crippen LogP contribution in [0.4, 0.5) is 18.0 Å². The first-order valence-corrected chi connectivity index (χ1v) is 8.78. The summed E-state index contributed by atoms with van der Waals surface area (Å²) in [5.41, 5.74) is 0. The Labute approximate surface area is 137 Å². The molecule has 1 N–H and O–H groups in total. The number of carbonyl (C=O) groups is 1. The van der Waals surface area contributed by atoms with Crippen LogP contribution in [0.2, 0.25) is 0 Å². The molecule has 1 saturated heterocycles. The van der Waals surface area contributed by atoms with Crippen molar-refractivity contribution >= 4 is 16.1 Å². The number of sulfonamides is 1. The van der Waals surface area contributed by atoms with Crippen molar-refractivity contribution in [1.29, 1.82) is 0 Å². The van der Waals surface area contributed by atoms with E-state index in [4.69, 9.17) is 4.74 Å². The lowest BCUT2D eigenvalue weighted by atomic mass is 10.1. The molecule has 1 aliphatic rings. The quantitative estimate of drug-likeness (QED) is 0.827. The third kappa shape index (κ3) is 3.81. The molecular formula is C14H17F3N2O4S. The number of halogens is 3. The van der Waals surface area contributed by atoms with Crippen LogP contribution in [0.15, 0.2) is 17.0 Å². The van der Waals surface area contributed by atoms with Gasteiger partial charge in [0.2, 0.25) is 10.0 Å². The van der Waals surface area contributed by atoms with Gasteiger partial charge in [-0.3, -0.25) is 0 Å². The third-order valence-corrected chi connectivity index (χ3v) is 5.48. The fourth-order valence-electron chi connectivity index (χ4n) is 2.46. The minimum atomic E-state index is -4.35. The maximum absolute atomic E-state index is 13.8. The lowest BCUT2D eigenvalue weighted by molar-refractivity contribution is 0.142. The van der Waals surface area contributed by atoms with E-state index in [1.165, 1.54) is 0 Å². The van der Waals surface area contributed by atoms with Gasteiger partial charge in [-0.25, -0.2) is 26.4 Å². The van der Waals surface area contributed by atoms with Crippen molar-refractivity contribution in [3.8, 4) is 0 Å². The summed E-state index contributed by atoms with van der Waals surface area (Å²) < 4.78 is 70.7. The summed E-state index contributed by atoms with van der Waals surface area (Å²) >= 11 is 0. The molecule has 1 aliphatic heterocycles. The normalized spacial score (nSPS) is 19.1. The number of rotatable bonds is 4. The van der Waals surface area contributed by atoms with Crippen molar-refractivity contribution in [2.45, 2.75) is 30.7 Å². The van der Waals surface area contributed by atoms with Gasteiger partial charge in [0.15, 0.2) is 17.5 Å². The molecule has 0 radical (unpaired) electrons. The first-order chi connectivity index (χ1) is 11.3. The van der Waals surface area contributed by atoms with Gasteiger partial charge in [0.05, 0.1) is 6.61 Å². The van der Waals surface area contributed by atoms with E-state index in [0.717, 1.165) is 4.31 Å². The number of nitrogens with zero attached hydrogens (tertiary/aromatic N) is 1. The SMILES string of the molecule is CCOC(=O)N[C@H]1CCCN(S(=O)(=O)c2ccc(F)c(F)c2F)C1. The van der Waals surface area contributed by atoms with Crippen LogP contribution in [-0.4, -0.2) is 44.6 Å². The molecule has 2 rings (SSSR count). The number of carbonyl (C=O) groups excluding carboxylic acids is 1. The smallest absolute Gasteiger partial charge is 0.407 e. The summed E-state index contributed by atoms with van der Waals surface area (Å²) in [7, 11) is -4.35. The van der Waals surface area contributed by atoms with Crippen molar-refractivity contribution in [1.82, 2.24) is 9.62 Å². The number of benzene rings is 1. The molecule has 10 heteroatoms. The van der Waals surface area contributed by atoms with E-state index in [1.54, 1.807) is 6.92 Å². The van der Waals surface area contributed by atoms with Gasteiger partial charge in [-0.15, -0.1) is 0 Å². The summed E-state index contributed by atoms with van der Waals surface area (Å²) in [6.45, 7) is 1.77. The maximum atomic E-state index is 13.8. The van der Waals surface area contributed by atoms with Gasteiger partial charge in [0.25, 0.3) is 0 Å². The van der Waals surface area contributed by atoms with Gasteiger partial charge >= 0.3 is 6.09 Å². The van der Waals surface area contributed by atoms with Gasteiger partial charge in [0.1, 0.15) is 4.90 Å². The summed E-state index contributed by atoms with van der Waals surface area (Å²) in [6, 6.07) is 0.732. The summed E-state index contributed by atoms with van der Waals surface area (Å²) in [6.07, 6.45) is 0.257. The monoisotopic (exact) mass is 366 g/mol. The van der Waals surface area contributed by atoms with Crippen molar-refractivity contribution in [3.63, 3.8) is 0 Å². The second kappa shape index (κ2) is 7.39. The lowest BCUT2D eigenvalue weighted by Gasteiger charge is -2.32. The highest BCUT2D eigenvalue weighted by atomic mass is 32.2. The number of piperidine rings is 1. The topological polar surface area (TPSA) is 75.7 Å². The highest BCUT2D eigenvalue weighted by Crippen LogP contribution is 2.25. The van der Waals surface area contributed by atoms with E-state index in [2.05, 4.69) is 5.32 Å². The van der Waals surface area contributed by atoms with Crippen LogP contribution in [0.5, 0.6) is 0 Å². The summed E-state index contributed by atoms with van der Waals surface area (Å²) in [5.74, 6) is -5.06. The Balaban J connectivity index is 2.20. The van der Waals surface area contributed by atoms with E-state index in [-0.39, 0.29) is 19.7 Å². The van der Waals surface area contributed by atoms with Gasteiger partial charge in [-0.1, -0.05) is 0 Å². The molecule has 1 fully saturated rings. The minimum absolute atomic E-state index is 0.0851. The number of ether oxygens (including phenoxy) is 1. The number of hydrogen-bond donors (Lipinski definition) is 1. The predicted octanol–water partition coefficient (Wildman–Crippen LogP) is 2.00. The van der Waals surface area contributed by atoms with Crippen molar-refractivity contribution in [2.24, 2.45) is 0 Å². The minimum Gasteiger partial charge on any atom is -0.450 e.